The lowest BCUT2D eigenvalue weighted by atomic mass is 9.78. The Morgan fingerprint density at radius 3 is 2.52 bits per heavy atom. The number of amides is 4. The Hall–Kier alpha value is -1.63. The van der Waals surface area contributed by atoms with Gasteiger partial charge in [-0.15, -0.1) is 0 Å². The first-order valence-electron chi connectivity index (χ1n) is 8.58. The molecule has 0 bridgehead atoms. The maximum Gasteiger partial charge on any atom is 0.322 e. The SMILES string of the molecule is CC1(C2CCN(C(=O)[C@@H]3CCC[C@@H]3CN)CC2)NC(=O)NC1=O. The van der Waals surface area contributed by atoms with Gasteiger partial charge in [0.05, 0.1) is 0 Å². The Morgan fingerprint density at radius 2 is 1.96 bits per heavy atom. The van der Waals surface area contributed by atoms with E-state index in [1.54, 1.807) is 6.92 Å². The fourth-order valence-electron chi connectivity index (χ4n) is 4.40. The van der Waals surface area contributed by atoms with Crippen LogP contribution >= 0.6 is 0 Å². The van der Waals surface area contributed by atoms with E-state index in [2.05, 4.69) is 10.6 Å². The lowest BCUT2D eigenvalue weighted by Gasteiger charge is -2.39. The van der Waals surface area contributed by atoms with Crippen molar-refractivity contribution in [3.63, 3.8) is 0 Å². The average molecular weight is 322 g/mol. The minimum atomic E-state index is -0.848. The fourth-order valence-corrected chi connectivity index (χ4v) is 4.40. The van der Waals surface area contributed by atoms with Crippen molar-refractivity contribution in [1.82, 2.24) is 15.5 Å². The van der Waals surface area contributed by atoms with Crippen molar-refractivity contribution >= 4 is 17.8 Å². The summed E-state index contributed by atoms with van der Waals surface area (Å²) in [7, 11) is 0. The Labute approximate surface area is 136 Å². The number of nitrogens with zero attached hydrogens (tertiary/aromatic N) is 1. The number of rotatable bonds is 3. The predicted octanol–water partition coefficient (Wildman–Crippen LogP) is 0.198. The fraction of sp³-hybridized carbons (Fsp3) is 0.812. The number of urea groups is 1. The third-order valence-corrected chi connectivity index (χ3v) is 5.97. The molecule has 0 aromatic carbocycles. The van der Waals surface area contributed by atoms with Gasteiger partial charge in [-0.2, -0.15) is 0 Å². The number of likely N-dealkylation sites (tertiary alicyclic amines) is 1. The van der Waals surface area contributed by atoms with Crippen molar-refractivity contribution in [3.8, 4) is 0 Å². The second-order valence-electron chi connectivity index (χ2n) is 7.24. The van der Waals surface area contributed by atoms with E-state index in [1.165, 1.54) is 0 Å². The largest absolute Gasteiger partial charge is 0.342 e. The van der Waals surface area contributed by atoms with E-state index in [1.807, 2.05) is 4.90 Å². The topological polar surface area (TPSA) is 105 Å². The normalized spacial score (nSPS) is 35.3. The number of nitrogens with two attached hydrogens (primary N) is 1. The summed E-state index contributed by atoms with van der Waals surface area (Å²) in [4.78, 5) is 38.1. The summed E-state index contributed by atoms with van der Waals surface area (Å²) in [5.74, 6) is 0.416. The first-order chi connectivity index (χ1) is 11.0. The number of hydrogen-bond acceptors (Lipinski definition) is 4. The molecule has 1 unspecified atom stereocenters. The van der Waals surface area contributed by atoms with Gasteiger partial charge >= 0.3 is 6.03 Å². The van der Waals surface area contributed by atoms with Crippen LogP contribution in [0.2, 0.25) is 0 Å². The van der Waals surface area contributed by atoms with Gasteiger partial charge in [-0.3, -0.25) is 14.9 Å². The Kier molecular flexibility index (Phi) is 4.31. The highest BCUT2D eigenvalue weighted by Gasteiger charge is 2.49. The molecule has 23 heavy (non-hydrogen) atoms. The molecule has 3 rings (SSSR count). The quantitative estimate of drug-likeness (QED) is 0.645. The zero-order valence-electron chi connectivity index (χ0n) is 13.6. The van der Waals surface area contributed by atoms with Crippen LogP contribution in [0.25, 0.3) is 0 Å². The van der Waals surface area contributed by atoms with Gasteiger partial charge in [0.2, 0.25) is 5.91 Å². The highest BCUT2D eigenvalue weighted by Crippen LogP contribution is 2.35. The van der Waals surface area contributed by atoms with E-state index in [9.17, 15) is 14.4 Å². The monoisotopic (exact) mass is 322 g/mol. The van der Waals surface area contributed by atoms with E-state index >= 15 is 0 Å². The second-order valence-corrected chi connectivity index (χ2v) is 7.24. The molecule has 3 atom stereocenters. The Morgan fingerprint density at radius 1 is 1.26 bits per heavy atom. The number of imide groups is 1. The molecule has 1 saturated carbocycles. The summed E-state index contributed by atoms with van der Waals surface area (Å²) >= 11 is 0. The molecule has 2 heterocycles. The van der Waals surface area contributed by atoms with E-state index in [4.69, 9.17) is 5.73 Å². The number of nitrogens with one attached hydrogen (secondary N) is 2. The van der Waals surface area contributed by atoms with Gasteiger partial charge in [0, 0.05) is 19.0 Å². The van der Waals surface area contributed by atoms with Gasteiger partial charge in [-0.05, 0) is 51.0 Å². The molecule has 4 amide bonds. The first kappa shape index (κ1) is 16.2. The highest BCUT2D eigenvalue weighted by atomic mass is 16.2. The molecule has 0 aromatic heterocycles. The molecule has 3 aliphatic rings. The van der Waals surface area contributed by atoms with Gasteiger partial charge in [0.25, 0.3) is 5.91 Å². The van der Waals surface area contributed by atoms with Crippen LogP contribution in [0.3, 0.4) is 0 Å². The van der Waals surface area contributed by atoms with E-state index < -0.39 is 11.6 Å². The molecular formula is C16H26N4O3. The molecule has 0 aromatic rings. The van der Waals surface area contributed by atoms with Crippen molar-refractivity contribution in [1.29, 1.82) is 0 Å². The first-order valence-corrected chi connectivity index (χ1v) is 8.58. The van der Waals surface area contributed by atoms with Crippen molar-refractivity contribution in [2.75, 3.05) is 19.6 Å². The predicted molar refractivity (Wildman–Crippen MR) is 84.3 cm³/mol. The molecule has 0 radical (unpaired) electrons. The van der Waals surface area contributed by atoms with Crippen LogP contribution in [0.1, 0.15) is 39.0 Å². The van der Waals surface area contributed by atoms with Crippen LogP contribution in [-0.2, 0) is 9.59 Å². The average Bonchev–Trinajstić information content (AvgIpc) is 3.11. The minimum Gasteiger partial charge on any atom is -0.342 e. The van der Waals surface area contributed by atoms with Crippen molar-refractivity contribution in [3.05, 3.63) is 0 Å². The smallest absolute Gasteiger partial charge is 0.322 e. The number of piperidine rings is 1. The molecule has 0 spiro atoms. The van der Waals surface area contributed by atoms with Gasteiger partial charge in [-0.1, -0.05) is 6.42 Å². The van der Waals surface area contributed by atoms with Gasteiger partial charge in [0.1, 0.15) is 5.54 Å². The van der Waals surface area contributed by atoms with Crippen LogP contribution in [0.5, 0.6) is 0 Å². The summed E-state index contributed by atoms with van der Waals surface area (Å²) < 4.78 is 0. The van der Waals surface area contributed by atoms with E-state index in [0.29, 0.717) is 25.6 Å². The molecule has 2 aliphatic heterocycles. The number of carbonyl (C=O) groups excluding carboxylic acids is 3. The highest BCUT2D eigenvalue weighted by molar-refractivity contribution is 6.07. The van der Waals surface area contributed by atoms with Crippen LogP contribution in [0.4, 0.5) is 4.79 Å². The minimum absolute atomic E-state index is 0.0619. The Bertz CT molecular complexity index is 515. The number of carbonyl (C=O) groups is 3. The maximum absolute atomic E-state index is 12.7. The Balaban J connectivity index is 1.59. The standard InChI is InChI=1S/C16H26N4O3/c1-16(14(22)18-15(23)19-16)11-5-7-20(8-6-11)13(21)12-4-2-3-10(12)9-17/h10-12H,2-9,17H2,1H3,(H2,18,19,22,23)/t10-,12-,16?/m1/s1. The maximum atomic E-state index is 12.7. The third-order valence-electron chi connectivity index (χ3n) is 5.97. The van der Waals surface area contributed by atoms with Crippen LogP contribution in [-0.4, -0.2) is 47.9 Å². The van der Waals surface area contributed by atoms with Gasteiger partial charge in [-0.25, -0.2) is 4.79 Å². The molecular weight excluding hydrogens is 296 g/mol. The zero-order valence-corrected chi connectivity index (χ0v) is 13.6. The van der Waals surface area contributed by atoms with Crippen LogP contribution in [0.15, 0.2) is 0 Å². The van der Waals surface area contributed by atoms with Crippen LogP contribution in [0, 0.1) is 17.8 Å². The van der Waals surface area contributed by atoms with Crippen molar-refractivity contribution in [2.45, 2.75) is 44.6 Å². The molecule has 4 N–H and O–H groups in total. The second kappa shape index (κ2) is 6.11. The zero-order chi connectivity index (χ0) is 16.6. The summed E-state index contributed by atoms with van der Waals surface area (Å²) in [6.45, 7) is 3.65. The van der Waals surface area contributed by atoms with Crippen molar-refractivity contribution in [2.24, 2.45) is 23.5 Å². The van der Waals surface area contributed by atoms with Crippen molar-refractivity contribution < 1.29 is 14.4 Å². The molecule has 128 valence electrons. The summed E-state index contributed by atoms with van der Waals surface area (Å²) in [6, 6.07) is -0.423. The molecule has 1 aliphatic carbocycles. The van der Waals surface area contributed by atoms with E-state index in [-0.39, 0.29) is 23.7 Å². The summed E-state index contributed by atoms with van der Waals surface area (Å²) in [6.07, 6.45) is 4.54. The van der Waals surface area contributed by atoms with Gasteiger partial charge < -0.3 is 16.0 Å². The van der Waals surface area contributed by atoms with E-state index in [0.717, 1.165) is 32.1 Å². The van der Waals surface area contributed by atoms with Crippen LogP contribution < -0.4 is 16.4 Å². The van der Waals surface area contributed by atoms with Gasteiger partial charge in [0.15, 0.2) is 0 Å². The third kappa shape index (κ3) is 2.82. The number of hydrogen-bond donors (Lipinski definition) is 3. The summed E-state index contributed by atoms with van der Waals surface area (Å²) in [5, 5.41) is 5.06. The molecule has 3 fully saturated rings. The lowest BCUT2D eigenvalue weighted by Crippen LogP contribution is -2.55. The lowest BCUT2D eigenvalue weighted by molar-refractivity contribution is -0.138. The molecule has 7 nitrogen and oxygen atoms in total. The summed E-state index contributed by atoms with van der Waals surface area (Å²) in [5.41, 5.74) is 4.94. The molecule has 2 saturated heterocycles. The molecule has 7 heteroatoms.